The lowest BCUT2D eigenvalue weighted by molar-refractivity contribution is -0.0679. The van der Waals surface area contributed by atoms with Crippen molar-refractivity contribution in [2.45, 2.75) is 44.8 Å². The second-order valence-corrected chi connectivity index (χ2v) is 6.20. The summed E-state index contributed by atoms with van der Waals surface area (Å²) >= 11 is 0. The first kappa shape index (κ1) is 15.7. The van der Waals surface area contributed by atoms with Gasteiger partial charge in [0.2, 0.25) is 0 Å². The van der Waals surface area contributed by atoms with E-state index in [0.717, 1.165) is 5.56 Å². The van der Waals surface area contributed by atoms with E-state index in [4.69, 9.17) is 9.47 Å². The van der Waals surface area contributed by atoms with Gasteiger partial charge in [0.15, 0.2) is 0 Å². The Morgan fingerprint density at radius 2 is 2.10 bits per heavy atom. The minimum Gasteiger partial charge on any atom is -0.444 e. The molecule has 2 rings (SSSR count). The molecule has 2 N–H and O–H groups in total. The first-order valence-electron chi connectivity index (χ1n) is 7.05. The maximum Gasteiger partial charge on any atom is 0.413 e. The number of ether oxygens (including phenoxy) is 2. The summed E-state index contributed by atoms with van der Waals surface area (Å²) in [4.78, 5) is 15.8. The Balaban J connectivity index is 2.09. The van der Waals surface area contributed by atoms with Crippen LogP contribution in [0.4, 0.5) is 10.6 Å². The third-order valence-corrected chi connectivity index (χ3v) is 3.25. The van der Waals surface area contributed by atoms with Gasteiger partial charge in [-0.05, 0) is 38.5 Å². The molecular formula is C15H22N2O4. The zero-order chi connectivity index (χ0) is 15.5. The molecule has 0 aliphatic carbocycles. The van der Waals surface area contributed by atoms with Crippen LogP contribution in [0.15, 0.2) is 18.3 Å². The topological polar surface area (TPSA) is 80.7 Å². The van der Waals surface area contributed by atoms with Crippen LogP contribution in [0.3, 0.4) is 0 Å². The molecule has 0 unspecified atom stereocenters. The van der Waals surface area contributed by atoms with Crippen molar-refractivity contribution in [1.29, 1.82) is 0 Å². The average molecular weight is 294 g/mol. The predicted molar refractivity (Wildman–Crippen MR) is 78.0 cm³/mol. The van der Waals surface area contributed by atoms with E-state index in [1.165, 1.54) is 0 Å². The third kappa shape index (κ3) is 4.41. The van der Waals surface area contributed by atoms with Crippen LogP contribution >= 0.6 is 0 Å². The highest BCUT2D eigenvalue weighted by Crippen LogP contribution is 2.32. The van der Waals surface area contributed by atoms with E-state index in [1.807, 2.05) is 0 Å². The van der Waals surface area contributed by atoms with Crippen LogP contribution in [0.25, 0.3) is 0 Å². The number of carbonyl (C=O) groups is 1. The van der Waals surface area contributed by atoms with Crippen molar-refractivity contribution in [3.05, 3.63) is 23.9 Å². The largest absolute Gasteiger partial charge is 0.444 e. The molecule has 6 heteroatoms. The smallest absolute Gasteiger partial charge is 0.413 e. The fourth-order valence-corrected chi connectivity index (χ4v) is 2.19. The van der Waals surface area contributed by atoms with E-state index in [-0.39, 0.29) is 0 Å². The number of aromatic nitrogens is 1. The third-order valence-electron chi connectivity index (χ3n) is 3.25. The first-order valence-corrected chi connectivity index (χ1v) is 7.05. The number of amides is 1. The molecule has 1 aromatic rings. The monoisotopic (exact) mass is 294 g/mol. The second kappa shape index (κ2) is 5.99. The summed E-state index contributed by atoms with van der Waals surface area (Å²) in [7, 11) is 0. The van der Waals surface area contributed by atoms with Gasteiger partial charge in [-0.15, -0.1) is 0 Å². The fourth-order valence-electron chi connectivity index (χ4n) is 2.19. The zero-order valence-corrected chi connectivity index (χ0v) is 12.7. The molecule has 21 heavy (non-hydrogen) atoms. The Kier molecular flexibility index (Phi) is 4.49. The summed E-state index contributed by atoms with van der Waals surface area (Å²) in [6.45, 7) is 6.42. The Labute approximate surface area is 124 Å². The standard InChI is InChI=1S/C15H22N2O4/c1-14(2,3)21-13(18)17-12-10-11(4-7-16-12)15(19)5-8-20-9-6-15/h4,7,10,19H,5-6,8-9H2,1-3H3,(H,16,17,18). The molecule has 1 aliphatic heterocycles. The summed E-state index contributed by atoms with van der Waals surface area (Å²) in [5.74, 6) is 0.363. The molecule has 1 aliphatic rings. The molecule has 0 bridgehead atoms. The number of anilines is 1. The van der Waals surface area contributed by atoms with Gasteiger partial charge in [0.25, 0.3) is 0 Å². The SMILES string of the molecule is CC(C)(C)OC(=O)Nc1cc(C2(O)CCOCC2)ccn1. The Morgan fingerprint density at radius 1 is 1.43 bits per heavy atom. The summed E-state index contributed by atoms with van der Waals surface area (Å²) in [6, 6.07) is 3.43. The van der Waals surface area contributed by atoms with Gasteiger partial charge < -0.3 is 14.6 Å². The highest BCUT2D eigenvalue weighted by molar-refractivity contribution is 5.83. The summed E-state index contributed by atoms with van der Waals surface area (Å²) in [5, 5.41) is 13.2. The summed E-state index contributed by atoms with van der Waals surface area (Å²) < 4.78 is 10.5. The van der Waals surface area contributed by atoms with Crippen molar-refractivity contribution in [3.63, 3.8) is 0 Å². The lowest BCUT2D eigenvalue weighted by Crippen LogP contribution is -2.33. The average Bonchev–Trinajstić information content (AvgIpc) is 2.37. The minimum atomic E-state index is -0.925. The highest BCUT2D eigenvalue weighted by atomic mass is 16.6. The van der Waals surface area contributed by atoms with E-state index in [9.17, 15) is 9.90 Å². The molecule has 1 fully saturated rings. The molecule has 1 aromatic heterocycles. The molecule has 1 amide bonds. The number of nitrogens with one attached hydrogen (secondary N) is 1. The van der Waals surface area contributed by atoms with Crippen molar-refractivity contribution >= 4 is 11.9 Å². The molecule has 116 valence electrons. The normalized spacial score (nSPS) is 18.1. The first-order chi connectivity index (χ1) is 9.78. The van der Waals surface area contributed by atoms with E-state index < -0.39 is 17.3 Å². The number of carbonyl (C=O) groups excluding carboxylic acids is 1. The van der Waals surface area contributed by atoms with Crippen LogP contribution < -0.4 is 5.32 Å². The van der Waals surface area contributed by atoms with Crippen molar-refractivity contribution < 1.29 is 19.4 Å². The van der Waals surface area contributed by atoms with Gasteiger partial charge in [-0.3, -0.25) is 5.32 Å². The molecule has 0 aromatic carbocycles. The molecule has 0 saturated carbocycles. The lowest BCUT2D eigenvalue weighted by atomic mass is 9.87. The van der Waals surface area contributed by atoms with Crippen molar-refractivity contribution in [1.82, 2.24) is 4.98 Å². The number of aliphatic hydroxyl groups is 1. The molecule has 0 atom stereocenters. The van der Waals surface area contributed by atoms with E-state index in [0.29, 0.717) is 31.9 Å². The molecule has 2 heterocycles. The fraction of sp³-hybridized carbons (Fsp3) is 0.600. The molecule has 0 radical (unpaired) electrons. The Bertz CT molecular complexity index is 505. The van der Waals surface area contributed by atoms with Crippen molar-refractivity contribution in [3.8, 4) is 0 Å². The highest BCUT2D eigenvalue weighted by Gasteiger charge is 2.32. The Morgan fingerprint density at radius 3 is 2.71 bits per heavy atom. The molecule has 1 saturated heterocycles. The van der Waals surface area contributed by atoms with Gasteiger partial charge in [-0.2, -0.15) is 0 Å². The van der Waals surface area contributed by atoms with Gasteiger partial charge in [0.1, 0.15) is 11.4 Å². The van der Waals surface area contributed by atoms with E-state index in [1.54, 1.807) is 39.1 Å². The van der Waals surface area contributed by atoms with Gasteiger partial charge in [-0.1, -0.05) is 0 Å². The van der Waals surface area contributed by atoms with Gasteiger partial charge >= 0.3 is 6.09 Å². The quantitative estimate of drug-likeness (QED) is 0.875. The molecular weight excluding hydrogens is 272 g/mol. The number of pyridine rings is 1. The zero-order valence-electron chi connectivity index (χ0n) is 12.7. The van der Waals surface area contributed by atoms with Crippen molar-refractivity contribution in [2.24, 2.45) is 0 Å². The summed E-state index contributed by atoms with van der Waals surface area (Å²) in [5.41, 5.74) is -0.765. The van der Waals surface area contributed by atoms with Crippen LogP contribution in [-0.4, -0.2) is 35.0 Å². The number of rotatable bonds is 2. The predicted octanol–water partition coefficient (Wildman–Crippen LogP) is 2.43. The maximum atomic E-state index is 11.7. The van der Waals surface area contributed by atoms with E-state index in [2.05, 4.69) is 10.3 Å². The summed E-state index contributed by atoms with van der Waals surface area (Å²) in [6.07, 6.45) is 2.06. The number of hydrogen-bond donors (Lipinski definition) is 2. The number of nitrogens with zero attached hydrogens (tertiary/aromatic N) is 1. The van der Waals surface area contributed by atoms with Crippen molar-refractivity contribution in [2.75, 3.05) is 18.5 Å². The van der Waals surface area contributed by atoms with E-state index >= 15 is 0 Å². The van der Waals surface area contributed by atoms with Gasteiger partial charge in [0.05, 0.1) is 5.60 Å². The van der Waals surface area contributed by atoms with Crippen LogP contribution in [0, 0.1) is 0 Å². The van der Waals surface area contributed by atoms with Crippen LogP contribution in [0.5, 0.6) is 0 Å². The maximum absolute atomic E-state index is 11.7. The van der Waals surface area contributed by atoms with Crippen LogP contribution in [0.1, 0.15) is 39.2 Å². The number of hydrogen-bond acceptors (Lipinski definition) is 5. The molecule has 6 nitrogen and oxygen atoms in total. The molecule has 0 spiro atoms. The second-order valence-electron chi connectivity index (χ2n) is 6.20. The van der Waals surface area contributed by atoms with Gasteiger partial charge in [-0.25, -0.2) is 9.78 Å². The van der Waals surface area contributed by atoms with Gasteiger partial charge in [0, 0.05) is 32.3 Å². The lowest BCUT2D eigenvalue weighted by Gasteiger charge is -2.32. The van der Waals surface area contributed by atoms with Crippen LogP contribution in [0.2, 0.25) is 0 Å². The Hall–Kier alpha value is -1.66. The minimum absolute atomic E-state index is 0.363. The van der Waals surface area contributed by atoms with Crippen LogP contribution in [-0.2, 0) is 15.1 Å².